The molecular weight excluding hydrogens is 531 g/mol. The molecule has 186 valence electrons. The van der Waals surface area contributed by atoms with E-state index in [1.54, 1.807) is 39.8 Å². The summed E-state index contributed by atoms with van der Waals surface area (Å²) in [6.45, 7) is 2.06. The molecule has 0 radical (unpaired) electrons. The van der Waals surface area contributed by atoms with Gasteiger partial charge < -0.3 is 14.4 Å². The minimum Gasteiger partial charge on any atom is -0.366 e. The zero-order chi connectivity index (χ0) is 26.1. The maximum absolute atomic E-state index is 13.6. The highest BCUT2D eigenvalue weighted by molar-refractivity contribution is 6.42. The van der Waals surface area contributed by atoms with Crippen LogP contribution in [0.5, 0.6) is 0 Å². The van der Waals surface area contributed by atoms with Gasteiger partial charge in [0.05, 0.1) is 27.8 Å². The molecule has 6 nitrogen and oxygen atoms in total. The number of piperazine rings is 1. The first kappa shape index (κ1) is 25.2. The predicted molar refractivity (Wildman–Crippen MR) is 148 cm³/mol. The molecule has 0 aliphatic carbocycles. The van der Waals surface area contributed by atoms with Crippen LogP contribution < -0.4 is 10.5 Å². The number of nitriles is 1. The molecule has 0 saturated carbocycles. The molecule has 37 heavy (non-hydrogen) atoms. The first-order chi connectivity index (χ1) is 17.9. The number of carbonyl (C=O) groups is 1. The number of benzene rings is 3. The molecule has 1 saturated heterocycles. The minimum absolute atomic E-state index is 0.0648. The number of fused-ring (bicyclic) bond motifs is 1. The monoisotopic (exact) mass is 550 g/mol. The molecule has 2 heterocycles. The number of carbonyl (C=O) groups excluding carboxylic acids is 1. The molecule has 5 rings (SSSR count). The fraction of sp³-hybridized carbons (Fsp3) is 0.179. The number of amides is 1. The van der Waals surface area contributed by atoms with Gasteiger partial charge in [0.1, 0.15) is 11.6 Å². The van der Waals surface area contributed by atoms with E-state index in [0.717, 1.165) is 10.9 Å². The van der Waals surface area contributed by atoms with Crippen molar-refractivity contribution in [3.63, 3.8) is 0 Å². The number of hydrogen-bond donors (Lipinski definition) is 0. The number of rotatable bonds is 4. The first-order valence-electron chi connectivity index (χ1n) is 11.7. The number of nitrogens with zero attached hydrogens (tertiary/aromatic N) is 4. The molecule has 0 spiro atoms. The smallest absolute Gasteiger partial charge is 0.271 e. The number of halogens is 3. The fourth-order valence-electron chi connectivity index (χ4n) is 4.71. The van der Waals surface area contributed by atoms with Crippen LogP contribution in [0.1, 0.15) is 21.5 Å². The molecule has 1 aliphatic rings. The summed E-state index contributed by atoms with van der Waals surface area (Å²) in [4.78, 5) is 30.3. The van der Waals surface area contributed by atoms with E-state index in [9.17, 15) is 14.9 Å². The maximum Gasteiger partial charge on any atom is 0.271 e. The third kappa shape index (κ3) is 4.91. The molecule has 1 aromatic heterocycles. The van der Waals surface area contributed by atoms with Crippen LogP contribution in [0.3, 0.4) is 0 Å². The summed E-state index contributed by atoms with van der Waals surface area (Å²) in [5, 5.41) is 12.0. The molecular formula is C28H21Cl3N4O2. The predicted octanol–water partition coefficient (Wildman–Crippen LogP) is 5.84. The van der Waals surface area contributed by atoms with Crippen molar-refractivity contribution in [2.75, 3.05) is 31.1 Å². The number of anilines is 1. The lowest BCUT2D eigenvalue weighted by atomic mass is 10.1. The second-order valence-electron chi connectivity index (χ2n) is 8.78. The number of pyridine rings is 1. The Labute approximate surface area is 228 Å². The van der Waals surface area contributed by atoms with Crippen LogP contribution in [0.2, 0.25) is 15.1 Å². The Morgan fingerprint density at radius 2 is 1.62 bits per heavy atom. The standard InChI is InChI=1S/C28H21Cl3N4O2/c29-20-7-9-25-21(15-20)26(22(16-32)28(37)35(25)17-18-4-2-1-3-5-18)33-10-12-34(13-11-33)27(36)19-6-8-23(30)24(31)14-19/h1-9,14-15H,10-13,17H2. The van der Waals surface area contributed by atoms with Gasteiger partial charge in [0, 0.05) is 42.2 Å². The van der Waals surface area contributed by atoms with Crippen LogP contribution in [0.25, 0.3) is 10.9 Å². The molecule has 1 amide bonds. The Kier molecular flexibility index (Phi) is 7.12. The van der Waals surface area contributed by atoms with Gasteiger partial charge in [0.15, 0.2) is 0 Å². The van der Waals surface area contributed by atoms with Crippen molar-refractivity contribution in [1.82, 2.24) is 9.47 Å². The quantitative estimate of drug-likeness (QED) is 0.319. The SMILES string of the molecule is N#Cc1c(N2CCN(C(=O)c3ccc(Cl)c(Cl)c3)CC2)c2cc(Cl)ccc2n(Cc2ccccc2)c1=O. The van der Waals surface area contributed by atoms with Crippen LogP contribution in [0, 0.1) is 11.3 Å². The molecule has 3 aromatic carbocycles. The summed E-state index contributed by atoms with van der Waals surface area (Å²) in [7, 11) is 0. The summed E-state index contributed by atoms with van der Waals surface area (Å²) >= 11 is 18.5. The highest BCUT2D eigenvalue weighted by Gasteiger charge is 2.27. The van der Waals surface area contributed by atoms with Crippen molar-refractivity contribution in [2.24, 2.45) is 0 Å². The van der Waals surface area contributed by atoms with E-state index in [1.165, 1.54) is 0 Å². The van der Waals surface area contributed by atoms with Gasteiger partial charge in [-0.05, 0) is 42.0 Å². The average molecular weight is 552 g/mol. The van der Waals surface area contributed by atoms with E-state index in [2.05, 4.69) is 6.07 Å². The zero-order valence-electron chi connectivity index (χ0n) is 19.6. The van der Waals surface area contributed by atoms with Crippen LogP contribution in [-0.4, -0.2) is 41.6 Å². The first-order valence-corrected chi connectivity index (χ1v) is 12.8. The summed E-state index contributed by atoms with van der Waals surface area (Å²) in [6.07, 6.45) is 0. The van der Waals surface area contributed by atoms with E-state index in [-0.39, 0.29) is 17.0 Å². The molecule has 1 aliphatic heterocycles. The Bertz CT molecular complexity index is 1600. The highest BCUT2D eigenvalue weighted by atomic mass is 35.5. The van der Waals surface area contributed by atoms with Gasteiger partial charge in [-0.25, -0.2) is 0 Å². The van der Waals surface area contributed by atoms with E-state index in [1.807, 2.05) is 41.3 Å². The lowest BCUT2D eigenvalue weighted by Crippen LogP contribution is -2.49. The van der Waals surface area contributed by atoms with E-state index >= 15 is 0 Å². The van der Waals surface area contributed by atoms with Crippen molar-refractivity contribution in [3.8, 4) is 6.07 Å². The lowest BCUT2D eigenvalue weighted by molar-refractivity contribution is 0.0747. The lowest BCUT2D eigenvalue weighted by Gasteiger charge is -2.37. The normalized spacial score (nSPS) is 13.6. The van der Waals surface area contributed by atoms with Gasteiger partial charge in [-0.15, -0.1) is 0 Å². The van der Waals surface area contributed by atoms with Crippen LogP contribution >= 0.6 is 34.8 Å². The summed E-state index contributed by atoms with van der Waals surface area (Å²) in [5.41, 5.74) is 2.37. The summed E-state index contributed by atoms with van der Waals surface area (Å²) in [6, 6.07) is 21.9. The van der Waals surface area contributed by atoms with Crippen molar-refractivity contribution >= 4 is 57.3 Å². The largest absolute Gasteiger partial charge is 0.366 e. The Balaban J connectivity index is 1.50. The van der Waals surface area contributed by atoms with E-state index in [4.69, 9.17) is 34.8 Å². The molecule has 0 atom stereocenters. The summed E-state index contributed by atoms with van der Waals surface area (Å²) in [5.74, 6) is -0.148. The number of hydrogen-bond acceptors (Lipinski definition) is 4. The second kappa shape index (κ2) is 10.5. The van der Waals surface area contributed by atoms with E-state index < -0.39 is 0 Å². The highest BCUT2D eigenvalue weighted by Crippen LogP contribution is 2.32. The fourth-order valence-corrected chi connectivity index (χ4v) is 5.18. The van der Waals surface area contributed by atoms with E-state index in [0.29, 0.717) is 64.6 Å². The Morgan fingerprint density at radius 1 is 0.892 bits per heavy atom. The van der Waals surface area contributed by atoms with Crippen LogP contribution in [-0.2, 0) is 6.54 Å². The third-order valence-electron chi connectivity index (χ3n) is 6.55. The third-order valence-corrected chi connectivity index (χ3v) is 7.52. The molecule has 9 heteroatoms. The second-order valence-corrected chi connectivity index (χ2v) is 10.0. The van der Waals surface area contributed by atoms with Crippen LogP contribution in [0.15, 0.2) is 71.5 Å². The van der Waals surface area contributed by atoms with Gasteiger partial charge in [-0.1, -0.05) is 65.1 Å². The minimum atomic E-state index is -0.356. The van der Waals surface area contributed by atoms with Gasteiger partial charge >= 0.3 is 0 Å². The van der Waals surface area contributed by atoms with Gasteiger partial charge in [0.2, 0.25) is 0 Å². The van der Waals surface area contributed by atoms with Crippen molar-refractivity contribution in [1.29, 1.82) is 5.26 Å². The molecule has 1 fully saturated rings. The zero-order valence-corrected chi connectivity index (χ0v) is 21.9. The molecule has 0 bridgehead atoms. The van der Waals surface area contributed by atoms with Crippen molar-refractivity contribution in [2.45, 2.75) is 6.54 Å². The number of aromatic nitrogens is 1. The Morgan fingerprint density at radius 3 is 2.30 bits per heavy atom. The summed E-state index contributed by atoms with van der Waals surface area (Å²) < 4.78 is 1.62. The van der Waals surface area contributed by atoms with Crippen molar-refractivity contribution in [3.05, 3.63) is 109 Å². The van der Waals surface area contributed by atoms with Gasteiger partial charge in [-0.3, -0.25) is 9.59 Å². The molecule has 0 N–H and O–H groups in total. The van der Waals surface area contributed by atoms with Crippen LogP contribution in [0.4, 0.5) is 5.69 Å². The van der Waals surface area contributed by atoms with Gasteiger partial charge in [0.25, 0.3) is 11.5 Å². The average Bonchev–Trinajstić information content (AvgIpc) is 2.91. The van der Waals surface area contributed by atoms with Gasteiger partial charge in [-0.2, -0.15) is 5.26 Å². The maximum atomic E-state index is 13.6. The Hall–Kier alpha value is -3.50. The topological polar surface area (TPSA) is 69.3 Å². The molecule has 4 aromatic rings. The molecule has 0 unspecified atom stereocenters. The van der Waals surface area contributed by atoms with Crippen molar-refractivity contribution < 1.29 is 4.79 Å².